The molecule has 0 aliphatic rings. The number of ketones is 1. The first-order chi connectivity index (χ1) is 20.4. The van der Waals surface area contributed by atoms with Gasteiger partial charge in [-0.1, -0.05) is 36.3 Å². The molecule has 0 saturated heterocycles. The minimum absolute atomic E-state index is 0.0700. The Balaban J connectivity index is 1.26. The summed E-state index contributed by atoms with van der Waals surface area (Å²) in [6, 6.07) is 20.0. The van der Waals surface area contributed by atoms with Crippen LogP contribution in [0.2, 0.25) is 0 Å². The third kappa shape index (κ3) is 5.96. The number of halogens is 1. The van der Waals surface area contributed by atoms with Gasteiger partial charge in [-0.15, -0.1) is 0 Å². The molecule has 5 rings (SSSR count). The van der Waals surface area contributed by atoms with Crippen molar-refractivity contribution in [2.45, 2.75) is 39.3 Å². The molecular formula is C33H27FN6O2. The van der Waals surface area contributed by atoms with Crippen LogP contribution in [0.5, 0.6) is 0 Å². The number of amides is 1. The highest BCUT2D eigenvalue weighted by Gasteiger charge is 2.19. The van der Waals surface area contributed by atoms with Crippen molar-refractivity contribution in [1.29, 1.82) is 5.26 Å². The minimum Gasteiger partial charge on any atom is -0.344 e. The Morgan fingerprint density at radius 2 is 1.88 bits per heavy atom. The molecule has 0 radical (unpaired) electrons. The predicted octanol–water partition coefficient (Wildman–Crippen LogP) is 5.40. The Morgan fingerprint density at radius 1 is 1.05 bits per heavy atom. The number of imidazole rings is 1. The molecule has 1 atom stereocenters. The molecule has 0 aliphatic heterocycles. The zero-order chi connectivity index (χ0) is 29.6. The normalized spacial score (nSPS) is 11.4. The van der Waals surface area contributed by atoms with Gasteiger partial charge in [0.25, 0.3) is 5.91 Å². The van der Waals surface area contributed by atoms with Gasteiger partial charge in [0.1, 0.15) is 29.0 Å². The Hall–Kier alpha value is -5.54. The van der Waals surface area contributed by atoms with E-state index in [4.69, 9.17) is 0 Å². The molecule has 0 spiro atoms. The van der Waals surface area contributed by atoms with Crippen molar-refractivity contribution >= 4 is 17.3 Å². The number of nitrogens with one attached hydrogen (secondary N) is 1. The summed E-state index contributed by atoms with van der Waals surface area (Å²) in [7, 11) is 0. The van der Waals surface area contributed by atoms with E-state index in [1.54, 1.807) is 76.9 Å². The summed E-state index contributed by atoms with van der Waals surface area (Å²) < 4.78 is 17.4. The van der Waals surface area contributed by atoms with Crippen LogP contribution in [-0.4, -0.2) is 30.9 Å². The van der Waals surface area contributed by atoms with E-state index in [0.29, 0.717) is 34.6 Å². The van der Waals surface area contributed by atoms with E-state index in [1.165, 1.54) is 6.07 Å². The van der Waals surface area contributed by atoms with Gasteiger partial charge >= 0.3 is 0 Å². The smallest absolute Gasteiger partial charge is 0.268 e. The summed E-state index contributed by atoms with van der Waals surface area (Å²) in [5.74, 6) is 5.32. The van der Waals surface area contributed by atoms with Crippen molar-refractivity contribution in [2.24, 2.45) is 0 Å². The molecule has 3 aromatic heterocycles. The van der Waals surface area contributed by atoms with Crippen molar-refractivity contribution < 1.29 is 14.0 Å². The molecule has 0 unspecified atom stereocenters. The second-order valence-corrected chi connectivity index (χ2v) is 9.83. The van der Waals surface area contributed by atoms with Gasteiger partial charge < -0.3 is 9.88 Å². The van der Waals surface area contributed by atoms with Crippen LogP contribution in [0.3, 0.4) is 0 Å². The Labute approximate surface area is 242 Å². The van der Waals surface area contributed by atoms with Crippen LogP contribution in [0.25, 0.3) is 5.65 Å². The Morgan fingerprint density at radius 3 is 2.69 bits per heavy atom. The highest BCUT2D eigenvalue weighted by Crippen LogP contribution is 2.19. The Kier molecular flexibility index (Phi) is 8.22. The number of fused-ring (bicyclic) bond motifs is 1. The molecule has 2 aromatic carbocycles. The lowest BCUT2D eigenvalue weighted by molar-refractivity contribution is 0.0929. The van der Waals surface area contributed by atoms with Crippen molar-refractivity contribution in [2.75, 3.05) is 0 Å². The predicted molar refractivity (Wildman–Crippen MR) is 155 cm³/mol. The molecule has 208 valence electrons. The fourth-order valence-corrected chi connectivity index (χ4v) is 4.70. The van der Waals surface area contributed by atoms with Crippen LogP contribution in [-0.2, 0) is 6.54 Å². The number of nitrogens with zero attached hydrogens (tertiary/aromatic N) is 5. The molecule has 1 amide bonds. The third-order valence-electron chi connectivity index (χ3n) is 7.00. The van der Waals surface area contributed by atoms with Gasteiger partial charge in [0.15, 0.2) is 11.4 Å². The fraction of sp³-hybridized carbons (Fsp3) is 0.182. The maximum Gasteiger partial charge on any atom is 0.268 e. The number of aromatic nitrogens is 4. The number of benzene rings is 2. The lowest BCUT2D eigenvalue weighted by Crippen LogP contribution is -2.29. The average molecular weight is 559 g/mol. The third-order valence-corrected chi connectivity index (χ3v) is 7.00. The van der Waals surface area contributed by atoms with E-state index in [9.17, 15) is 19.2 Å². The van der Waals surface area contributed by atoms with Gasteiger partial charge in [-0.2, -0.15) is 10.4 Å². The highest BCUT2D eigenvalue weighted by molar-refractivity contribution is 5.96. The number of nitriles is 1. The van der Waals surface area contributed by atoms with Crippen LogP contribution < -0.4 is 5.32 Å². The summed E-state index contributed by atoms with van der Waals surface area (Å²) in [6.07, 6.45) is 3.95. The Bertz CT molecular complexity index is 1900. The largest absolute Gasteiger partial charge is 0.344 e. The fourth-order valence-electron chi connectivity index (χ4n) is 4.70. The number of aryl methyl sites for hydroxylation is 1. The van der Waals surface area contributed by atoms with E-state index >= 15 is 0 Å². The van der Waals surface area contributed by atoms with Crippen molar-refractivity contribution in [3.8, 4) is 17.9 Å². The average Bonchev–Trinajstić information content (AvgIpc) is 3.60. The summed E-state index contributed by atoms with van der Waals surface area (Å²) in [6.45, 7) is 3.92. The summed E-state index contributed by atoms with van der Waals surface area (Å²) >= 11 is 0. The van der Waals surface area contributed by atoms with Gasteiger partial charge in [0.05, 0.1) is 12.2 Å². The number of Topliss-reactive ketones (excluding diaryl/α,β-unsaturated/α-hetero) is 1. The molecule has 0 bridgehead atoms. The molecular weight excluding hydrogens is 531 g/mol. The van der Waals surface area contributed by atoms with E-state index < -0.39 is 17.8 Å². The number of rotatable bonds is 8. The van der Waals surface area contributed by atoms with Gasteiger partial charge in [-0.3, -0.25) is 9.59 Å². The SMILES string of the molecule is Cc1ccc(C(=O)CCCn2c(C#N)ccc2C(=O)N[C@@H](C)c2ccccc2F)cc1C#Cc1cnc2cccnn12. The first-order valence-corrected chi connectivity index (χ1v) is 13.4. The molecule has 0 saturated carbocycles. The first kappa shape index (κ1) is 28.0. The molecule has 8 nitrogen and oxygen atoms in total. The summed E-state index contributed by atoms with van der Waals surface area (Å²) in [5.41, 5.74) is 4.49. The highest BCUT2D eigenvalue weighted by atomic mass is 19.1. The molecule has 0 fully saturated rings. The molecule has 9 heteroatoms. The maximum absolute atomic E-state index is 14.2. The van der Waals surface area contributed by atoms with E-state index in [1.807, 2.05) is 19.1 Å². The van der Waals surface area contributed by atoms with Gasteiger partial charge in [-0.05, 0) is 68.2 Å². The van der Waals surface area contributed by atoms with E-state index in [0.717, 1.165) is 11.1 Å². The number of carbonyl (C=O) groups is 2. The van der Waals surface area contributed by atoms with Crippen LogP contribution in [0, 0.1) is 35.9 Å². The molecule has 42 heavy (non-hydrogen) atoms. The molecule has 1 N–H and O–H groups in total. The monoisotopic (exact) mass is 558 g/mol. The lowest BCUT2D eigenvalue weighted by Gasteiger charge is -2.16. The topological polar surface area (TPSA) is 105 Å². The van der Waals surface area contributed by atoms with Crippen LogP contribution >= 0.6 is 0 Å². The number of hydrogen-bond donors (Lipinski definition) is 1. The maximum atomic E-state index is 14.2. The zero-order valence-electron chi connectivity index (χ0n) is 23.1. The van der Waals surface area contributed by atoms with E-state index in [2.05, 4.69) is 33.3 Å². The van der Waals surface area contributed by atoms with Gasteiger partial charge in [0.2, 0.25) is 0 Å². The summed E-state index contributed by atoms with van der Waals surface area (Å²) in [5, 5.41) is 16.7. The number of carbonyl (C=O) groups excluding carboxylic acids is 2. The van der Waals surface area contributed by atoms with E-state index in [-0.39, 0.29) is 24.4 Å². The van der Waals surface area contributed by atoms with Crippen LogP contribution in [0.1, 0.15) is 74.7 Å². The van der Waals surface area contributed by atoms with Crippen LogP contribution in [0.15, 0.2) is 79.1 Å². The van der Waals surface area contributed by atoms with Crippen molar-refractivity contribution in [1.82, 2.24) is 24.5 Å². The molecule has 5 aromatic rings. The minimum atomic E-state index is -0.572. The molecule has 3 heterocycles. The van der Waals surface area contributed by atoms with Crippen molar-refractivity contribution in [3.63, 3.8) is 0 Å². The van der Waals surface area contributed by atoms with Gasteiger partial charge in [0, 0.05) is 35.9 Å². The van der Waals surface area contributed by atoms with Crippen molar-refractivity contribution in [3.05, 3.63) is 124 Å². The zero-order valence-corrected chi connectivity index (χ0v) is 23.1. The number of hydrogen-bond acceptors (Lipinski definition) is 5. The van der Waals surface area contributed by atoms with Crippen LogP contribution in [0.4, 0.5) is 4.39 Å². The second-order valence-electron chi connectivity index (χ2n) is 9.83. The first-order valence-electron chi connectivity index (χ1n) is 13.4. The van der Waals surface area contributed by atoms with Gasteiger partial charge in [-0.25, -0.2) is 13.9 Å². The lowest BCUT2D eigenvalue weighted by atomic mass is 10.0. The standard InChI is InChI=1S/C33H27FN6O2/c1-22-11-12-25(19-24(22)13-14-27-21-36-32-10-5-17-37-40(27)32)31(41)9-6-18-39-26(20-35)15-16-30(39)33(42)38-23(2)28-7-3-4-8-29(28)34/h3-5,7-8,10-12,15-17,19,21,23H,6,9,18H2,1-2H3,(H,38,42)/t23-/m0/s1. The second kappa shape index (κ2) is 12.3. The summed E-state index contributed by atoms with van der Waals surface area (Å²) in [4.78, 5) is 30.4. The molecule has 0 aliphatic carbocycles. The quantitative estimate of drug-likeness (QED) is 0.203.